The molecule has 0 saturated carbocycles. The van der Waals surface area contributed by atoms with Gasteiger partial charge in [0.05, 0.1) is 12.5 Å². The fourth-order valence-corrected chi connectivity index (χ4v) is 2.22. The third-order valence-corrected chi connectivity index (χ3v) is 3.54. The number of carbonyl (C=O) groups excluding carboxylic acids is 2. The van der Waals surface area contributed by atoms with E-state index in [1.54, 1.807) is 36.6 Å². The van der Waals surface area contributed by atoms with Crippen molar-refractivity contribution in [3.8, 4) is 0 Å². The van der Waals surface area contributed by atoms with Crippen LogP contribution in [0.4, 0.5) is 5.69 Å². The van der Waals surface area contributed by atoms with Gasteiger partial charge in [-0.15, -0.1) is 0 Å². The summed E-state index contributed by atoms with van der Waals surface area (Å²) in [5.41, 5.74) is 2.93. The lowest BCUT2D eigenvalue weighted by Crippen LogP contribution is -2.26. The fourth-order valence-electron chi connectivity index (χ4n) is 2.22. The Morgan fingerprint density at radius 3 is 2.75 bits per heavy atom. The van der Waals surface area contributed by atoms with E-state index in [-0.39, 0.29) is 18.4 Å². The van der Waals surface area contributed by atoms with Crippen LogP contribution in [0.15, 0.2) is 41.2 Å². The zero-order valence-corrected chi connectivity index (χ0v) is 14.2. The van der Waals surface area contributed by atoms with Gasteiger partial charge in [-0.1, -0.05) is 6.07 Å². The van der Waals surface area contributed by atoms with E-state index in [1.807, 2.05) is 26.0 Å². The van der Waals surface area contributed by atoms with Crippen molar-refractivity contribution >= 4 is 17.5 Å². The molecular formula is C18H22N2O4. The van der Waals surface area contributed by atoms with Crippen LogP contribution in [0.2, 0.25) is 0 Å². The van der Waals surface area contributed by atoms with Crippen LogP contribution < -0.4 is 5.32 Å². The van der Waals surface area contributed by atoms with Gasteiger partial charge in [-0.2, -0.15) is 0 Å². The summed E-state index contributed by atoms with van der Waals surface area (Å²) >= 11 is 0. The third kappa shape index (κ3) is 4.70. The van der Waals surface area contributed by atoms with E-state index in [0.717, 1.165) is 11.1 Å². The van der Waals surface area contributed by atoms with Crippen molar-refractivity contribution in [3.63, 3.8) is 0 Å². The van der Waals surface area contributed by atoms with Crippen LogP contribution in [0.25, 0.3) is 0 Å². The Hall–Kier alpha value is -2.60. The number of amides is 2. The molecule has 0 unspecified atom stereocenters. The summed E-state index contributed by atoms with van der Waals surface area (Å²) in [4.78, 5) is 26.0. The SMILES string of the molecule is CCOCC(=O)Nc1cc(C(=O)N(C)Cc2ccoc2)ccc1C. The summed E-state index contributed by atoms with van der Waals surface area (Å²) in [6.45, 7) is 4.63. The number of nitrogens with one attached hydrogen (secondary N) is 1. The quantitative estimate of drug-likeness (QED) is 0.847. The summed E-state index contributed by atoms with van der Waals surface area (Å²) in [5, 5.41) is 2.78. The van der Waals surface area contributed by atoms with Gasteiger partial charge in [0, 0.05) is 37.0 Å². The van der Waals surface area contributed by atoms with Crippen molar-refractivity contribution in [3.05, 3.63) is 53.5 Å². The molecule has 1 aromatic heterocycles. The van der Waals surface area contributed by atoms with Gasteiger partial charge in [-0.3, -0.25) is 9.59 Å². The average Bonchev–Trinajstić information content (AvgIpc) is 3.07. The molecule has 0 aliphatic carbocycles. The molecule has 1 N–H and O–H groups in total. The molecule has 2 amide bonds. The Morgan fingerprint density at radius 2 is 2.08 bits per heavy atom. The second kappa shape index (κ2) is 8.31. The Morgan fingerprint density at radius 1 is 1.29 bits per heavy atom. The fraction of sp³-hybridized carbons (Fsp3) is 0.333. The first kappa shape index (κ1) is 17.7. The molecule has 1 aromatic carbocycles. The van der Waals surface area contributed by atoms with Crippen LogP contribution in [0.3, 0.4) is 0 Å². The van der Waals surface area contributed by atoms with Gasteiger partial charge in [0.25, 0.3) is 5.91 Å². The molecule has 24 heavy (non-hydrogen) atoms. The third-order valence-electron chi connectivity index (χ3n) is 3.54. The minimum atomic E-state index is -0.240. The first-order chi connectivity index (χ1) is 11.5. The topological polar surface area (TPSA) is 71.8 Å². The Bertz CT molecular complexity index is 695. The molecule has 0 radical (unpaired) electrons. The van der Waals surface area contributed by atoms with Gasteiger partial charge in [0.1, 0.15) is 6.61 Å². The first-order valence-electron chi connectivity index (χ1n) is 7.76. The number of hydrogen-bond donors (Lipinski definition) is 1. The molecule has 2 aromatic rings. The Kier molecular flexibility index (Phi) is 6.14. The van der Waals surface area contributed by atoms with Gasteiger partial charge in [0.2, 0.25) is 5.91 Å². The minimum Gasteiger partial charge on any atom is -0.472 e. The van der Waals surface area contributed by atoms with Crippen molar-refractivity contribution < 1.29 is 18.7 Å². The summed E-state index contributed by atoms with van der Waals surface area (Å²) in [7, 11) is 1.72. The van der Waals surface area contributed by atoms with Crippen molar-refractivity contribution in [1.29, 1.82) is 0 Å². The molecule has 0 aliphatic heterocycles. The average molecular weight is 330 g/mol. The van der Waals surface area contributed by atoms with Crippen LogP contribution in [0, 0.1) is 6.92 Å². The van der Waals surface area contributed by atoms with Gasteiger partial charge >= 0.3 is 0 Å². The van der Waals surface area contributed by atoms with Gasteiger partial charge < -0.3 is 19.4 Å². The molecule has 1 heterocycles. The zero-order chi connectivity index (χ0) is 17.5. The highest BCUT2D eigenvalue weighted by Crippen LogP contribution is 2.18. The molecule has 0 saturated heterocycles. The van der Waals surface area contributed by atoms with Crippen molar-refractivity contribution in [2.45, 2.75) is 20.4 Å². The van der Waals surface area contributed by atoms with Crippen molar-refractivity contribution in [1.82, 2.24) is 4.90 Å². The molecule has 0 bridgehead atoms. The molecule has 6 nitrogen and oxygen atoms in total. The highest BCUT2D eigenvalue weighted by atomic mass is 16.5. The lowest BCUT2D eigenvalue weighted by Gasteiger charge is -2.17. The molecule has 0 aliphatic rings. The standard InChI is InChI=1S/C18H22N2O4/c1-4-23-12-17(21)19-16-9-15(6-5-13(16)2)18(22)20(3)10-14-7-8-24-11-14/h5-9,11H,4,10,12H2,1-3H3,(H,19,21). The maximum atomic E-state index is 12.6. The highest BCUT2D eigenvalue weighted by Gasteiger charge is 2.15. The molecule has 128 valence electrons. The van der Waals surface area contributed by atoms with E-state index < -0.39 is 0 Å². The van der Waals surface area contributed by atoms with Crippen LogP contribution >= 0.6 is 0 Å². The lowest BCUT2D eigenvalue weighted by molar-refractivity contribution is -0.120. The van der Waals surface area contributed by atoms with Crippen molar-refractivity contribution in [2.75, 3.05) is 25.6 Å². The summed E-state index contributed by atoms with van der Waals surface area (Å²) in [6.07, 6.45) is 3.18. The molecule has 0 fully saturated rings. The van der Waals surface area contributed by atoms with Crippen LogP contribution in [-0.4, -0.2) is 37.0 Å². The number of benzene rings is 1. The van der Waals surface area contributed by atoms with Gasteiger partial charge in [-0.05, 0) is 37.6 Å². The molecule has 6 heteroatoms. The number of hydrogen-bond acceptors (Lipinski definition) is 4. The number of ether oxygens (including phenoxy) is 1. The number of nitrogens with zero attached hydrogens (tertiary/aromatic N) is 1. The highest BCUT2D eigenvalue weighted by molar-refractivity contribution is 5.98. The van der Waals surface area contributed by atoms with Crippen LogP contribution in [0.1, 0.15) is 28.4 Å². The monoisotopic (exact) mass is 330 g/mol. The minimum absolute atomic E-state index is 0.00545. The maximum absolute atomic E-state index is 12.6. The van der Waals surface area contributed by atoms with Gasteiger partial charge in [0.15, 0.2) is 0 Å². The summed E-state index contributed by atoms with van der Waals surface area (Å²) in [6, 6.07) is 7.07. The molecule has 0 atom stereocenters. The van der Waals surface area contributed by atoms with E-state index in [2.05, 4.69) is 5.32 Å². The van der Waals surface area contributed by atoms with E-state index in [1.165, 1.54) is 0 Å². The summed E-state index contributed by atoms with van der Waals surface area (Å²) in [5.74, 6) is -0.368. The number of aryl methyl sites for hydroxylation is 1. The second-order valence-corrected chi connectivity index (χ2v) is 5.51. The normalized spacial score (nSPS) is 10.5. The number of furan rings is 1. The van der Waals surface area contributed by atoms with E-state index >= 15 is 0 Å². The van der Waals surface area contributed by atoms with Crippen LogP contribution in [-0.2, 0) is 16.1 Å². The predicted octanol–water partition coefficient (Wildman–Crippen LogP) is 2.84. The predicted molar refractivity (Wildman–Crippen MR) is 90.8 cm³/mol. The Balaban J connectivity index is 2.08. The summed E-state index contributed by atoms with van der Waals surface area (Å²) < 4.78 is 10.1. The number of rotatable bonds is 7. The number of carbonyl (C=O) groups is 2. The van der Waals surface area contributed by atoms with Crippen molar-refractivity contribution in [2.24, 2.45) is 0 Å². The van der Waals surface area contributed by atoms with E-state index in [4.69, 9.17) is 9.15 Å². The smallest absolute Gasteiger partial charge is 0.253 e. The zero-order valence-electron chi connectivity index (χ0n) is 14.2. The molecule has 2 rings (SSSR count). The molecule has 0 spiro atoms. The number of anilines is 1. The second-order valence-electron chi connectivity index (χ2n) is 5.51. The Labute approximate surface area is 141 Å². The largest absolute Gasteiger partial charge is 0.472 e. The maximum Gasteiger partial charge on any atom is 0.253 e. The lowest BCUT2D eigenvalue weighted by atomic mass is 10.1. The van der Waals surface area contributed by atoms with Crippen LogP contribution in [0.5, 0.6) is 0 Å². The van der Waals surface area contributed by atoms with E-state index in [9.17, 15) is 9.59 Å². The van der Waals surface area contributed by atoms with E-state index in [0.29, 0.717) is 24.4 Å². The molecular weight excluding hydrogens is 308 g/mol. The van der Waals surface area contributed by atoms with Gasteiger partial charge in [-0.25, -0.2) is 0 Å². The first-order valence-corrected chi connectivity index (χ1v) is 7.76.